The zero-order valence-corrected chi connectivity index (χ0v) is 9.67. The maximum Gasteiger partial charge on any atom is 0.0928 e. The van der Waals surface area contributed by atoms with Gasteiger partial charge < -0.3 is 10.8 Å². The van der Waals surface area contributed by atoms with Gasteiger partial charge in [0.25, 0.3) is 0 Å². The van der Waals surface area contributed by atoms with Gasteiger partial charge in [-0.05, 0) is 55.9 Å². The molecule has 1 fully saturated rings. The van der Waals surface area contributed by atoms with Gasteiger partial charge in [0.15, 0.2) is 0 Å². The molecule has 0 heterocycles. The fourth-order valence-corrected chi connectivity index (χ4v) is 2.49. The second-order valence-corrected chi connectivity index (χ2v) is 4.95. The van der Waals surface area contributed by atoms with Crippen LogP contribution in [0.4, 0.5) is 0 Å². The zero-order valence-electron chi connectivity index (χ0n) is 9.67. The van der Waals surface area contributed by atoms with Crippen molar-refractivity contribution < 1.29 is 5.11 Å². The minimum atomic E-state index is -0.665. The molecule has 0 saturated heterocycles. The molecule has 2 rings (SSSR count). The molecular formula is C13H19NO. The predicted molar refractivity (Wildman–Crippen MR) is 61.8 cm³/mol. The second-order valence-electron chi connectivity index (χ2n) is 4.95. The van der Waals surface area contributed by atoms with Crippen LogP contribution in [0.5, 0.6) is 0 Å². The van der Waals surface area contributed by atoms with Gasteiger partial charge in [0, 0.05) is 6.04 Å². The molecule has 0 aromatic heterocycles. The molecule has 1 aromatic rings. The lowest BCUT2D eigenvalue weighted by Crippen LogP contribution is -2.49. The van der Waals surface area contributed by atoms with E-state index in [0.717, 1.165) is 5.56 Å². The Kier molecular flexibility index (Phi) is 2.36. The molecule has 0 aliphatic heterocycles. The van der Waals surface area contributed by atoms with Gasteiger partial charge in [-0.2, -0.15) is 0 Å². The van der Waals surface area contributed by atoms with E-state index in [1.165, 1.54) is 16.7 Å². The largest absolute Gasteiger partial charge is 0.385 e. The molecule has 1 aromatic carbocycles. The lowest BCUT2D eigenvalue weighted by Gasteiger charge is -2.43. The summed E-state index contributed by atoms with van der Waals surface area (Å²) >= 11 is 0. The van der Waals surface area contributed by atoms with Crippen molar-refractivity contribution in [2.24, 2.45) is 5.73 Å². The summed E-state index contributed by atoms with van der Waals surface area (Å²) in [5, 5.41) is 10.4. The van der Waals surface area contributed by atoms with Gasteiger partial charge in [0.1, 0.15) is 0 Å². The van der Waals surface area contributed by atoms with E-state index in [4.69, 9.17) is 5.73 Å². The van der Waals surface area contributed by atoms with Crippen LogP contribution in [0.2, 0.25) is 0 Å². The summed E-state index contributed by atoms with van der Waals surface area (Å²) in [6, 6.07) is 4.42. The first-order chi connectivity index (χ1) is 6.92. The summed E-state index contributed by atoms with van der Waals surface area (Å²) in [6.07, 6.45) is 1.38. The Bertz CT molecular complexity index is 392. The highest BCUT2D eigenvalue weighted by Gasteiger charge is 2.42. The van der Waals surface area contributed by atoms with Crippen LogP contribution in [0.25, 0.3) is 0 Å². The van der Waals surface area contributed by atoms with Crippen molar-refractivity contribution in [2.75, 3.05) is 0 Å². The van der Waals surface area contributed by atoms with Gasteiger partial charge in [0.2, 0.25) is 0 Å². The number of nitrogens with two attached hydrogens (primary N) is 1. The SMILES string of the molecule is Cc1cc(C)c(C2(O)CC(N)C2)cc1C. The molecule has 1 saturated carbocycles. The highest BCUT2D eigenvalue weighted by atomic mass is 16.3. The normalized spacial score (nSPS) is 30.1. The molecule has 2 nitrogen and oxygen atoms in total. The summed E-state index contributed by atoms with van der Waals surface area (Å²) in [7, 11) is 0. The molecule has 82 valence electrons. The van der Waals surface area contributed by atoms with Crippen molar-refractivity contribution in [3.05, 3.63) is 34.4 Å². The van der Waals surface area contributed by atoms with Gasteiger partial charge in [-0.3, -0.25) is 0 Å². The van der Waals surface area contributed by atoms with E-state index in [9.17, 15) is 5.11 Å². The minimum Gasteiger partial charge on any atom is -0.385 e. The van der Waals surface area contributed by atoms with E-state index >= 15 is 0 Å². The van der Waals surface area contributed by atoms with E-state index in [-0.39, 0.29) is 6.04 Å². The van der Waals surface area contributed by atoms with Crippen LogP contribution in [-0.2, 0) is 5.60 Å². The molecule has 0 bridgehead atoms. The third-order valence-corrected chi connectivity index (χ3v) is 3.54. The summed E-state index contributed by atoms with van der Waals surface area (Å²) in [5.41, 5.74) is 9.84. The molecule has 0 spiro atoms. The van der Waals surface area contributed by atoms with Gasteiger partial charge in [-0.25, -0.2) is 0 Å². The van der Waals surface area contributed by atoms with Crippen molar-refractivity contribution in [2.45, 2.75) is 45.3 Å². The van der Waals surface area contributed by atoms with E-state index in [2.05, 4.69) is 32.9 Å². The van der Waals surface area contributed by atoms with Gasteiger partial charge in [-0.1, -0.05) is 12.1 Å². The minimum absolute atomic E-state index is 0.163. The van der Waals surface area contributed by atoms with Crippen LogP contribution >= 0.6 is 0 Å². The molecule has 15 heavy (non-hydrogen) atoms. The number of rotatable bonds is 1. The average Bonchev–Trinajstić information content (AvgIpc) is 2.08. The smallest absolute Gasteiger partial charge is 0.0928 e. The Balaban J connectivity index is 2.41. The first kappa shape index (κ1) is 10.7. The van der Waals surface area contributed by atoms with Crippen LogP contribution in [0.3, 0.4) is 0 Å². The molecule has 0 atom stereocenters. The lowest BCUT2D eigenvalue weighted by atomic mass is 9.70. The Morgan fingerprint density at radius 3 is 2.20 bits per heavy atom. The van der Waals surface area contributed by atoms with Crippen molar-refractivity contribution >= 4 is 0 Å². The summed E-state index contributed by atoms with van der Waals surface area (Å²) in [5.74, 6) is 0. The van der Waals surface area contributed by atoms with Crippen LogP contribution in [0, 0.1) is 20.8 Å². The Hall–Kier alpha value is -0.860. The highest BCUT2D eigenvalue weighted by molar-refractivity contribution is 5.41. The van der Waals surface area contributed by atoms with E-state index in [0.29, 0.717) is 12.8 Å². The fourth-order valence-electron chi connectivity index (χ4n) is 2.49. The van der Waals surface area contributed by atoms with Crippen LogP contribution < -0.4 is 5.73 Å². The summed E-state index contributed by atoms with van der Waals surface area (Å²) in [4.78, 5) is 0. The molecule has 1 aliphatic rings. The van der Waals surface area contributed by atoms with Crippen molar-refractivity contribution in [3.63, 3.8) is 0 Å². The molecule has 0 unspecified atom stereocenters. The average molecular weight is 205 g/mol. The molecule has 2 heteroatoms. The van der Waals surface area contributed by atoms with Gasteiger partial charge >= 0.3 is 0 Å². The fraction of sp³-hybridized carbons (Fsp3) is 0.538. The zero-order chi connectivity index (χ0) is 11.2. The predicted octanol–water partition coefficient (Wildman–Crippen LogP) is 1.92. The Labute approximate surface area is 91.1 Å². The van der Waals surface area contributed by atoms with Crippen molar-refractivity contribution in [3.8, 4) is 0 Å². The Morgan fingerprint density at radius 1 is 1.13 bits per heavy atom. The number of aliphatic hydroxyl groups is 1. The van der Waals surface area contributed by atoms with E-state index in [1.807, 2.05) is 0 Å². The number of hydrogen-bond acceptors (Lipinski definition) is 2. The first-order valence-electron chi connectivity index (χ1n) is 5.49. The topological polar surface area (TPSA) is 46.2 Å². The molecular weight excluding hydrogens is 186 g/mol. The maximum atomic E-state index is 10.4. The molecule has 0 amide bonds. The number of benzene rings is 1. The highest BCUT2D eigenvalue weighted by Crippen LogP contribution is 2.42. The molecule has 3 N–H and O–H groups in total. The molecule has 1 aliphatic carbocycles. The van der Waals surface area contributed by atoms with Crippen LogP contribution in [0.1, 0.15) is 35.1 Å². The monoisotopic (exact) mass is 205 g/mol. The van der Waals surface area contributed by atoms with Crippen LogP contribution in [0.15, 0.2) is 12.1 Å². The maximum absolute atomic E-state index is 10.4. The quantitative estimate of drug-likeness (QED) is 0.735. The van der Waals surface area contributed by atoms with E-state index < -0.39 is 5.60 Å². The number of aryl methyl sites for hydroxylation is 3. The van der Waals surface area contributed by atoms with Gasteiger partial charge in [-0.15, -0.1) is 0 Å². The Morgan fingerprint density at radius 2 is 1.67 bits per heavy atom. The third-order valence-electron chi connectivity index (χ3n) is 3.54. The standard InChI is InChI=1S/C13H19NO/c1-8-4-10(3)12(5-9(8)2)13(15)6-11(14)7-13/h4-5,11,15H,6-7,14H2,1-3H3. The van der Waals surface area contributed by atoms with Gasteiger partial charge in [0.05, 0.1) is 5.60 Å². The summed E-state index contributed by atoms with van der Waals surface area (Å²) < 4.78 is 0. The first-order valence-corrected chi connectivity index (χ1v) is 5.49. The molecule has 0 radical (unpaired) electrons. The van der Waals surface area contributed by atoms with Crippen molar-refractivity contribution in [1.82, 2.24) is 0 Å². The van der Waals surface area contributed by atoms with Crippen molar-refractivity contribution in [1.29, 1.82) is 0 Å². The lowest BCUT2D eigenvalue weighted by molar-refractivity contribution is -0.0528. The van der Waals surface area contributed by atoms with E-state index in [1.54, 1.807) is 0 Å². The number of hydrogen-bond donors (Lipinski definition) is 2. The third kappa shape index (κ3) is 1.68. The second kappa shape index (κ2) is 3.32. The summed E-state index contributed by atoms with van der Waals surface area (Å²) in [6.45, 7) is 6.24. The van der Waals surface area contributed by atoms with Crippen LogP contribution in [-0.4, -0.2) is 11.1 Å².